The van der Waals surface area contributed by atoms with Gasteiger partial charge in [0.2, 0.25) is 0 Å². The van der Waals surface area contributed by atoms with Gasteiger partial charge in [-0.15, -0.1) is 10.2 Å². The number of fused-ring (bicyclic) bond motifs is 1. The van der Waals surface area contributed by atoms with Gasteiger partial charge in [-0.05, 0) is 37.1 Å². The molecule has 9 heteroatoms. The summed E-state index contributed by atoms with van der Waals surface area (Å²) in [5.74, 6) is 1.03. The maximum Gasteiger partial charge on any atom is 0.262 e. The van der Waals surface area contributed by atoms with Crippen molar-refractivity contribution in [3.05, 3.63) is 70.5 Å². The maximum atomic E-state index is 14.6. The van der Waals surface area contributed by atoms with Crippen LogP contribution in [0.2, 0.25) is 0 Å². The predicted octanol–water partition coefficient (Wildman–Crippen LogP) is 5.12. The molecule has 2 aromatic carbocycles. The molecule has 1 saturated carbocycles. The SMILES string of the molecule is N#CCn1c(CSc2nnc(-c3ccccc3F)n2C2CCCCC2)nc2ccccc2c1=O. The number of aromatic nitrogens is 5. The molecule has 172 valence electrons. The van der Waals surface area contributed by atoms with Gasteiger partial charge < -0.3 is 0 Å². The molecular formula is C25H23FN6OS. The van der Waals surface area contributed by atoms with Gasteiger partial charge >= 0.3 is 0 Å². The fourth-order valence-electron chi connectivity index (χ4n) is 4.56. The summed E-state index contributed by atoms with van der Waals surface area (Å²) in [4.78, 5) is 17.6. The zero-order valence-electron chi connectivity index (χ0n) is 18.5. The van der Waals surface area contributed by atoms with Crippen LogP contribution in [0.5, 0.6) is 0 Å². The van der Waals surface area contributed by atoms with Crippen LogP contribution in [0.15, 0.2) is 58.5 Å². The molecule has 0 atom stereocenters. The van der Waals surface area contributed by atoms with E-state index in [2.05, 4.69) is 25.8 Å². The number of thioether (sulfide) groups is 1. The second kappa shape index (κ2) is 9.77. The predicted molar refractivity (Wildman–Crippen MR) is 129 cm³/mol. The molecular weight excluding hydrogens is 451 g/mol. The maximum absolute atomic E-state index is 14.6. The van der Waals surface area contributed by atoms with Gasteiger partial charge in [-0.25, -0.2) is 9.37 Å². The van der Waals surface area contributed by atoms with Gasteiger partial charge in [-0.1, -0.05) is 55.3 Å². The lowest BCUT2D eigenvalue weighted by Crippen LogP contribution is -2.24. The Morgan fingerprint density at radius 3 is 2.62 bits per heavy atom. The van der Waals surface area contributed by atoms with Crippen molar-refractivity contribution in [2.45, 2.75) is 55.6 Å². The van der Waals surface area contributed by atoms with Crippen LogP contribution in [-0.4, -0.2) is 24.3 Å². The van der Waals surface area contributed by atoms with E-state index in [0.717, 1.165) is 25.7 Å². The van der Waals surface area contributed by atoms with Crippen LogP contribution < -0.4 is 5.56 Å². The molecule has 0 aliphatic heterocycles. The lowest BCUT2D eigenvalue weighted by atomic mass is 9.95. The van der Waals surface area contributed by atoms with Gasteiger partial charge in [0.1, 0.15) is 18.2 Å². The first kappa shape index (κ1) is 22.3. The zero-order valence-corrected chi connectivity index (χ0v) is 19.3. The second-order valence-electron chi connectivity index (χ2n) is 8.33. The number of rotatable bonds is 6. The summed E-state index contributed by atoms with van der Waals surface area (Å²) in [5, 5.41) is 19.2. The Bertz CT molecular complexity index is 1430. The summed E-state index contributed by atoms with van der Waals surface area (Å²) < 4.78 is 18.1. The fourth-order valence-corrected chi connectivity index (χ4v) is 5.51. The highest BCUT2D eigenvalue weighted by Gasteiger charge is 2.25. The van der Waals surface area contributed by atoms with E-state index in [-0.39, 0.29) is 24.0 Å². The van der Waals surface area contributed by atoms with Gasteiger partial charge in [0.25, 0.3) is 5.56 Å². The van der Waals surface area contributed by atoms with E-state index in [9.17, 15) is 14.4 Å². The third kappa shape index (κ3) is 4.21. The standard InChI is InChI=1S/C25H23FN6OS/c26-20-12-6-4-10-18(20)23-29-30-25(32(23)17-8-2-1-3-9-17)34-16-22-28-21-13-7-5-11-19(21)24(33)31(22)15-14-27/h4-7,10-13,17H,1-3,8-9,15-16H2. The van der Waals surface area contributed by atoms with E-state index in [1.54, 1.807) is 36.4 Å². The third-order valence-electron chi connectivity index (χ3n) is 6.22. The summed E-state index contributed by atoms with van der Waals surface area (Å²) in [5.41, 5.74) is 0.791. The molecule has 2 heterocycles. The van der Waals surface area contributed by atoms with Gasteiger partial charge in [0.15, 0.2) is 11.0 Å². The number of benzene rings is 2. The Balaban J connectivity index is 1.54. The number of para-hydroxylation sites is 1. The first-order valence-electron chi connectivity index (χ1n) is 11.4. The third-order valence-corrected chi connectivity index (χ3v) is 7.16. The minimum Gasteiger partial charge on any atom is -0.299 e. The number of nitriles is 1. The van der Waals surface area contributed by atoms with E-state index in [1.807, 2.05) is 6.07 Å². The monoisotopic (exact) mass is 474 g/mol. The normalized spacial score (nSPS) is 14.4. The average molecular weight is 475 g/mol. The van der Waals surface area contributed by atoms with Crippen LogP contribution >= 0.6 is 11.8 Å². The number of hydrogen-bond acceptors (Lipinski definition) is 6. The summed E-state index contributed by atoms with van der Waals surface area (Å²) in [6, 6.07) is 16.0. The van der Waals surface area contributed by atoms with Gasteiger partial charge in [-0.2, -0.15) is 5.26 Å². The molecule has 1 aliphatic rings. The summed E-state index contributed by atoms with van der Waals surface area (Å²) >= 11 is 1.41. The van der Waals surface area contributed by atoms with Crippen LogP contribution in [-0.2, 0) is 12.3 Å². The van der Waals surface area contributed by atoms with Crippen molar-refractivity contribution in [2.75, 3.05) is 0 Å². The summed E-state index contributed by atoms with van der Waals surface area (Å²) in [6.07, 6.45) is 5.38. The highest BCUT2D eigenvalue weighted by molar-refractivity contribution is 7.98. The molecule has 4 aromatic rings. The molecule has 0 amide bonds. The van der Waals surface area contributed by atoms with Gasteiger partial charge in [0.05, 0.1) is 28.3 Å². The minimum atomic E-state index is -0.331. The van der Waals surface area contributed by atoms with Crippen molar-refractivity contribution >= 4 is 22.7 Å². The molecule has 0 N–H and O–H groups in total. The van der Waals surface area contributed by atoms with Crippen molar-refractivity contribution < 1.29 is 4.39 Å². The molecule has 0 spiro atoms. The van der Waals surface area contributed by atoms with Crippen molar-refractivity contribution in [1.82, 2.24) is 24.3 Å². The quantitative estimate of drug-likeness (QED) is 0.361. The molecule has 0 saturated heterocycles. The van der Waals surface area contributed by atoms with Crippen LogP contribution in [0.3, 0.4) is 0 Å². The van der Waals surface area contributed by atoms with Crippen LogP contribution in [0.1, 0.15) is 44.0 Å². The van der Waals surface area contributed by atoms with Crippen molar-refractivity contribution in [3.63, 3.8) is 0 Å². The van der Waals surface area contributed by atoms with Crippen LogP contribution in [0.4, 0.5) is 4.39 Å². The van der Waals surface area contributed by atoms with Crippen LogP contribution in [0.25, 0.3) is 22.3 Å². The minimum absolute atomic E-state index is 0.0810. The molecule has 34 heavy (non-hydrogen) atoms. The first-order chi connectivity index (χ1) is 16.7. The molecule has 0 radical (unpaired) electrons. The average Bonchev–Trinajstić information content (AvgIpc) is 3.29. The van der Waals surface area contributed by atoms with Crippen molar-refractivity contribution in [1.29, 1.82) is 5.26 Å². The Morgan fingerprint density at radius 1 is 1.06 bits per heavy atom. The lowest BCUT2D eigenvalue weighted by Gasteiger charge is -2.25. The largest absolute Gasteiger partial charge is 0.299 e. The fraction of sp³-hybridized carbons (Fsp3) is 0.320. The molecule has 7 nitrogen and oxygen atoms in total. The van der Waals surface area contributed by atoms with E-state index in [0.29, 0.717) is 39.0 Å². The second-order valence-corrected chi connectivity index (χ2v) is 9.27. The van der Waals surface area contributed by atoms with Crippen molar-refractivity contribution in [2.24, 2.45) is 0 Å². The Kier molecular flexibility index (Phi) is 6.41. The molecule has 1 aliphatic carbocycles. The molecule has 2 aromatic heterocycles. The highest BCUT2D eigenvalue weighted by atomic mass is 32.2. The summed E-state index contributed by atoms with van der Waals surface area (Å²) in [7, 11) is 0. The Labute approximate surface area is 200 Å². The van der Waals surface area contributed by atoms with Gasteiger partial charge in [0, 0.05) is 6.04 Å². The van der Waals surface area contributed by atoms with E-state index >= 15 is 0 Å². The van der Waals surface area contributed by atoms with E-state index in [1.165, 1.54) is 28.8 Å². The number of halogens is 1. The molecule has 1 fully saturated rings. The lowest BCUT2D eigenvalue weighted by molar-refractivity contribution is 0.339. The molecule has 5 rings (SSSR count). The highest BCUT2D eigenvalue weighted by Crippen LogP contribution is 2.36. The van der Waals surface area contributed by atoms with E-state index in [4.69, 9.17) is 0 Å². The van der Waals surface area contributed by atoms with Crippen molar-refractivity contribution in [3.8, 4) is 17.5 Å². The van der Waals surface area contributed by atoms with Gasteiger partial charge in [-0.3, -0.25) is 13.9 Å². The number of nitrogens with zero attached hydrogens (tertiary/aromatic N) is 6. The first-order valence-corrected chi connectivity index (χ1v) is 12.3. The van der Waals surface area contributed by atoms with E-state index < -0.39 is 0 Å². The topological polar surface area (TPSA) is 89.4 Å². The molecule has 0 bridgehead atoms. The number of hydrogen-bond donors (Lipinski definition) is 0. The molecule has 0 unspecified atom stereocenters. The summed E-state index contributed by atoms with van der Waals surface area (Å²) in [6.45, 7) is -0.0810. The Morgan fingerprint density at radius 2 is 1.82 bits per heavy atom. The van der Waals surface area contributed by atoms with Crippen LogP contribution in [0, 0.1) is 17.1 Å². The Hall–Kier alpha value is -3.51. The smallest absolute Gasteiger partial charge is 0.262 e. The zero-order chi connectivity index (χ0) is 23.5.